The smallest absolute Gasteiger partial charge is 0.165 e. The molecule has 0 fully saturated rings. The molecule has 0 saturated heterocycles. The van der Waals surface area contributed by atoms with Crippen molar-refractivity contribution < 1.29 is 9.47 Å². The Morgan fingerprint density at radius 3 is 2.60 bits per heavy atom. The Kier molecular flexibility index (Phi) is 4.52. The van der Waals surface area contributed by atoms with Crippen LogP contribution in [0.3, 0.4) is 0 Å². The van der Waals surface area contributed by atoms with Gasteiger partial charge in [0.15, 0.2) is 11.5 Å². The van der Waals surface area contributed by atoms with E-state index in [0.29, 0.717) is 6.54 Å². The molecular formula is C17H17NO2. The Bertz CT molecular complexity index is 629. The van der Waals surface area contributed by atoms with Crippen molar-refractivity contribution in [2.75, 3.05) is 19.5 Å². The summed E-state index contributed by atoms with van der Waals surface area (Å²) in [6, 6.07) is 13.6. The molecular weight excluding hydrogens is 250 g/mol. The summed E-state index contributed by atoms with van der Waals surface area (Å²) in [4.78, 5) is 0. The van der Waals surface area contributed by atoms with E-state index in [1.54, 1.807) is 14.2 Å². The van der Waals surface area contributed by atoms with E-state index in [9.17, 15) is 0 Å². The topological polar surface area (TPSA) is 30.5 Å². The van der Waals surface area contributed by atoms with E-state index in [1.165, 1.54) is 0 Å². The van der Waals surface area contributed by atoms with E-state index >= 15 is 0 Å². The molecule has 0 atom stereocenters. The van der Waals surface area contributed by atoms with Crippen molar-refractivity contribution >= 4 is 5.69 Å². The minimum atomic E-state index is 0.633. The fourth-order valence-corrected chi connectivity index (χ4v) is 2.01. The van der Waals surface area contributed by atoms with Crippen LogP contribution in [-0.4, -0.2) is 14.2 Å². The number of terminal acetylenes is 1. The minimum Gasteiger partial charge on any atom is -0.493 e. The summed E-state index contributed by atoms with van der Waals surface area (Å²) in [5.74, 6) is 4.09. The number of rotatable bonds is 5. The van der Waals surface area contributed by atoms with E-state index in [0.717, 1.165) is 28.3 Å². The highest BCUT2D eigenvalue weighted by Crippen LogP contribution is 2.31. The molecule has 0 aliphatic rings. The van der Waals surface area contributed by atoms with E-state index in [1.807, 2.05) is 42.5 Å². The number of methoxy groups -OCH3 is 2. The van der Waals surface area contributed by atoms with Gasteiger partial charge in [0, 0.05) is 23.4 Å². The molecule has 0 spiro atoms. The van der Waals surface area contributed by atoms with Crippen molar-refractivity contribution in [1.82, 2.24) is 0 Å². The van der Waals surface area contributed by atoms with Gasteiger partial charge in [0.05, 0.1) is 14.2 Å². The molecule has 2 rings (SSSR count). The fourth-order valence-electron chi connectivity index (χ4n) is 2.01. The summed E-state index contributed by atoms with van der Waals surface area (Å²) in [6.07, 6.45) is 5.40. The van der Waals surface area contributed by atoms with E-state index in [-0.39, 0.29) is 0 Å². The Balaban J connectivity index is 2.16. The number of anilines is 1. The summed E-state index contributed by atoms with van der Waals surface area (Å²) in [5.41, 5.74) is 2.86. The molecule has 1 N–H and O–H groups in total. The molecule has 3 heteroatoms. The van der Waals surface area contributed by atoms with Crippen LogP contribution in [0.2, 0.25) is 0 Å². The molecule has 102 valence electrons. The highest BCUT2D eigenvalue weighted by atomic mass is 16.5. The first-order valence-corrected chi connectivity index (χ1v) is 6.29. The molecule has 0 aliphatic carbocycles. The largest absolute Gasteiger partial charge is 0.493 e. The summed E-state index contributed by atoms with van der Waals surface area (Å²) >= 11 is 0. The van der Waals surface area contributed by atoms with Gasteiger partial charge in [0.2, 0.25) is 0 Å². The molecule has 0 bridgehead atoms. The Labute approximate surface area is 119 Å². The van der Waals surface area contributed by atoms with Crippen molar-refractivity contribution in [3.8, 4) is 23.8 Å². The van der Waals surface area contributed by atoms with Crippen molar-refractivity contribution in [2.45, 2.75) is 6.54 Å². The number of para-hydroxylation sites is 1. The lowest BCUT2D eigenvalue weighted by atomic mass is 10.1. The maximum absolute atomic E-state index is 5.40. The standard InChI is InChI=1S/C17H17NO2/c1-4-13-7-5-9-15(11-13)18-12-14-8-6-10-16(19-2)17(14)20-3/h1,5-11,18H,12H2,2-3H3. The quantitative estimate of drug-likeness (QED) is 0.843. The van der Waals surface area contributed by atoms with Crippen LogP contribution in [0.15, 0.2) is 42.5 Å². The van der Waals surface area contributed by atoms with Crippen LogP contribution in [-0.2, 0) is 6.54 Å². The zero-order valence-corrected chi connectivity index (χ0v) is 11.6. The normalized spacial score (nSPS) is 9.65. The average molecular weight is 267 g/mol. The highest BCUT2D eigenvalue weighted by molar-refractivity contribution is 5.52. The van der Waals surface area contributed by atoms with Crippen LogP contribution in [0, 0.1) is 12.3 Å². The minimum absolute atomic E-state index is 0.633. The zero-order chi connectivity index (χ0) is 14.4. The fraction of sp³-hybridized carbons (Fsp3) is 0.176. The molecule has 0 amide bonds. The molecule has 0 aliphatic heterocycles. The molecule has 20 heavy (non-hydrogen) atoms. The van der Waals surface area contributed by atoms with Crippen LogP contribution in [0.4, 0.5) is 5.69 Å². The van der Waals surface area contributed by atoms with Gasteiger partial charge in [-0.3, -0.25) is 0 Å². The Hall–Kier alpha value is -2.60. The van der Waals surface area contributed by atoms with Crippen LogP contribution in [0.1, 0.15) is 11.1 Å². The molecule has 0 aromatic heterocycles. The Morgan fingerprint density at radius 1 is 1.10 bits per heavy atom. The van der Waals surface area contributed by atoms with Gasteiger partial charge in [0.25, 0.3) is 0 Å². The summed E-state index contributed by atoms with van der Waals surface area (Å²) < 4.78 is 10.7. The predicted octanol–water partition coefficient (Wildman–Crippen LogP) is 3.30. The molecule has 3 nitrogen and oxygen atoms in total. The third kappa shape index (κ3) is 3.04. The summed E-state index contributed by atoms with van der Waals surface area (Å²) in [5, 5.41) is 3.33. The van der Waals surface area contributed by atoms with Crippen molar-refractivity contribution in [3.63, 3.8) is 0 Å². The maximum atomic E-state index is 5.40. The molecule has 0 radical (unpaired) electrons. The van der Waals surface area contributed by atoms with Gasteiger partial charge < -0.3 is 14.8 Å². The third-order valence-corrected chi connectivity index (χ3v) is 3.00. The van der Waals surface area contributed by atoms with Crippen molar-refractivity contribution in [2.24, 2.45) is 0 Å². The average Bonchev–Trinajstić information content (AvgIpc) is 2.52. The third-order valence-electron chi connectivity index (χ3n) is 3.00. The Morgan fingerprint density at radius 2 is 1.90 bits per heavy atom. The summed E-state index contributed by atoms with van der Waals surface area (Å²) in [7, 11) is 3.27. The second kappa shape index (κ2) is 6.53. The van der Waals surface area contributed by atoms with E-state index < -0.39 is 0 Å². The van der Waals surface area contributed by atoms with Gasteiger partial charge >= 0.3 is 0 Å². The highest BCUT2D eigenvalue weighted by Gasteiger charge is 2.08. The number of benzene rings is 2. The predicted molar refractivity (Wildman–Crippen MR) is 81.2 cm³/mol. The van der Waals surface area contributed by atoms with Gasteiger partial charge in [-0.2, -0.15) is 0 Å². The SMILES string of the molecule is C#Cc1cccc(NCc2cccc(OC)c2OC)c1. The first kappa shape index (κ1) is 13.8. The lowest BCUT2D eigenvalue weighted by Crippen LogP contribution is -2.03. The molecule has 2 aromatic carbocycles. The van der Waals surface area contributed by atoms with Crippen LogP contribution in [0.25, 0.3) is 0 Å². The van der Waals surface area contributed by atoms with Gasteiger partial charge in [-0.05, 0) is 24.3 Å². The van der Waals surface area contributed by atoms with Crippen LogP contribution < -0.4 is 14.8 Å². The number of hydrogen-bond acceptors (Lipinski definition) is 3. The van der Waals surface area contributed by atoms with Gasteiger partial charge in [-0.1, -0.05) is 24.1 Å². The number of hydrogen-bond donors (Lipinski definition) is 1. The molecule has 0 saturated carbocycles. The van der Waals surface area contributed by atoms with E-state index in [4.69, 9.17) is 15.9 Å². The van der Waals surface area contributed by atoms with Gasteiger partial charge in [-0.15, -0.1) is 6.42 Å². The first-order chi connectivity index (χ1) is 9.78. The van der Waals surface area contributed by atoms with Crippen LogP contribution >= 0.6 is 0 Å². The lowest BCUT2D eigenvalue weighted by Gasteiger charge is -2.13. The van der Waals surface area contributed by atoms with Crippen LogP contribution in [0.5, 0.6) is 11.5 Å². The van der Waals surface area contributed by atoms with E-state index in [2.05, 4.69) is 11.2 Å². The molecule has 0 heterocycles. The second-order valence-corrected chi connectivity index (χ2v) is 4.23. The van der Waals surface area contributed by atoms with Gasteiger partial charge in [-0.25, -0.2) is 0 Å². The monoisotopic (exact) mass is 267 g/mol. The van der Waals surface area contributed by atoms with Crippen molar-refractivity contribution in [1.29, 1.82) is 0 Å². The molecule has 2 aromatic rings. The first-order valence-electron chi connectivity index (χ1n) is 6.29. The lowest BCUT2D eigenvalue weighted by molar-refractivity contribution is 0.352. The van der Waals surface area contributed by atoms with Crippen molar-refractivity contribution in [3.05, 3.63) is 53.6 Å². The second-order valence-electron chi connectivity index (χ2n) is 4.23. The molecule has 0 unspecified atom stereocenters. The summed E-state index contributed by atoms with van der Waals surface area (Å²) in [6.45, 7) is 0.633. The zero-order valence-electron chi connectivity index (χ0n) is 11.6. The number of ether oxygens (including phenoxy) is 2. The maximum Gasteiger partial charge on any atom is 0.165 e. The van der Waals surface area contributed by atoms with Gasteiger partial charge in [0.1, 0.15) is 0 Å². The number of nitrogens with one attached hydrogen (secondary N) is 1.